The molecule has 0 spiro atoms. The zero-order valence-electron chi connectivity index (χ0n) is 11.2. The van der Waals surface area contributed by atoms with Crippen LogP contribution in [0.4, 0.5) is 13.2 Å². The maximum absolute atomic E-state index is 12.1. The van der Waals surface area contributed by atoms with E-state index < -0.39 is 6.36 Å². The highest BCUT2D eigenvalue weighted by atomic mass is 19.4. The van der Waals surface area contributed by atoms with Gasteiger partial charge in [-0.25, -0.2) is 0 Å². The monoisotopic (exact) mass is 292 g/mol. The molecule has 0 saturated carbocycles. The lowest BCUT2D eigenvalue weighted by Crippen LogP contribution is -2.17. The van der Waals surface area contributed by atoms with Crippen LogP contribution in [0.3, 0.4) is 0 Å². The standard InChI is InChI=1S/C13H19F3N2O2/c1-19-12-8-9(20-13(14,15)16)5-6-10(12)11(18)4-2-3-7-17/h5-6,8,11H,2-4,7,17-18H2,1H3/t11-/m0/s1. The summed E-state index contributed by atoms with van der Waals surface area (Å²) in [6.45, 7) is 0.586. The van der Waals surface area contributed by atoms with Gasteiger partial charge in [-0.2, -0.15) is 0 Å². The molecule has 0 aromatic heterocycles. The first-order valence-corrected chi connectivity index (χ1v) is 6.26. The quantitative estimate of drug-likeness (QED) is 0.758. The Morgan fingerprint density at radius 3 is 2.50 bits per heavy atom. The highest BCUT2D eigenvalue weighted by Crippen LogP contribution is 2.32. The third-order valence-electron chi connectivity index (χ3n) is 2.81. The highest BCUT2D eigenvalue weighted by Gasteiger charge is 2.31. The SMILES string of the molecule is COc1cc(OC(F)(F)F)ccc1[C@@H](N)CCCCN. The molecule has 0 radical (unpaired) electrons. The number of nitrogens with two attached hydrogens (primary N) is 2. The predicted molar refractivity (Wildman–Crippen MR) is 69.5 cm³/mol. The summed E-state index contributed by atoms with van der Waals surface area (Å²) in [5, 5.41) is 0. The molecule has 4 N–H and O–H groups in total. The van der Waals surface area contributed by atoms with Gasteiger partial charge in [0.1, 0.15) is 11.5 Å². The summed E-state index contributed by atoms with van der Waals surface area (Å²) in [6.07, 6.45) is -2.34. The zero-order valence-corrected chi connectivity index (χ0v) is 11.2. The molecule has 0 heterocycles. The van der Waals surface area contributed by atoms with E-state index in [4.69, 9.17) is 16.2 Å². The Morgan fingerprint density at radius 1 is 1.25 bits per heavy atom. The fourth-order valence-corrected chi connectivity index (χ4v) is 1.86. The number of alkyl halides is 3. The second-order valence-electron chi connectivity index (χ2n) is 4.34. The van der Waals surface area contributed by atoms with E-state index >= 15 is 0 Å². The van der Waals surface area contributed by atoms with Crippen LogP contribution in [0.15, 0.2) is 18.2 Å². The van der Waals surface area contributed by atoms with Crippen LogP contribution in [0.2, 0.25) is 0 Å². The topological polar surface area (TPSA) is 70.5 Å². The second kappa shape index (κ2) is 7.35. The number of hydrogen-bond donors (Lipinski definition) is 2. The van der Waals surface area contributed by atoms with Gasteiger partial charge < -0.3 is 20.9 Å². The van der Waals surface area contributed by atoms with Crippen molar-refractivity contribution in [2.24, 2.45) is 11.5 Å². The lowest BCUT2D eigenvalue weighted by Gasteiger charge is -2.17. The van der Waals surface area contributed by atoms with Crippen LogP contribution in [0.5, 0.6) is 11.5 Å². The minimum Gasteiger partial charge on any atom is -0.496 e. The molecule has 114 valence electrons. The first-order valence-electron chi connectivity index (χ1n) is 6.26. The van der Waals surface area contributed by atoms with Crippen molar-refractivity contribution in [2.75, 3.05) is 13.7 Å². The van der Waals surface area contributed by atoms with Gasteiger partial charge in [0.25, 0.3) is 0 Å². The molecule has 1 aromatic rings. The molecule has 0 aliphatic heterocycles. The van der Waals surface area contributed by atoms with E-state index in [0.29, 0.717) is 18.5 Å². The van der Waals surface area contributed by atoms with Gasteiger partial charge in [-0.3, -0.25) is 0 Å². The molecule has 1 atom stereocenters. The molecule has 7 heteroatoms. The molecule has 0 aliphatic carbocycles. The number of rotatable bonds is 7. The van der Waals surface area contributed by atoms with Gasteiger partial charge in [0.15, 0.2) is 0 Å². The maximum Gasteiger partial charge on any atom is 0.573 e. The molecule has 0 unspecified atom stereocenters. The van der Waals surface area contributed by atoms with Crippen molar-refractivity contribution in [3.8, 4) is 11.5 Å². The van der Waals surface area contributed by atoms with Gasteiger partial charge in [0.2, 0.25) is 0 Å². The molecule has 0 fully saturated rings. The fraction of sp³-hybridized carbons (Fsp3) is 0.538. The Bertz CT molecular complexity index is 425. The van der Waals surface area contributed by atoms with Gasteiger partial charge >= 0.3 is 6.36 Å². The largest absolute Gasteiger partial charge is 0.573 e. The summed E-state index contributed by atoms with van der Waals surface area (Å²) < 4.78 is 45.3. The van der Waals surface area contributed by atoms with E-state index in [2.05, 4.69) is 4.74 Å². The number of ether oxygens (including phenoxy) is 2. The summed E-state index contributed by atoms with van der Waals surface area (Å²) in [7, 11) is 1.38. The first-order chi connectivity index (χ1) is 9.37. The van der Waals surface area contributed by atoms with Crippen LogP contribution in [0, 0.1) is 0 Å². The Morgan fingerprint density at radius 2 is 1.95 bits per heavy atom. The number of methoxy groups -OCH3 is 1. The predicted octanol–water partition coefficient (Wildman–Crippen LogP) is 2.72. The number of unbranched alkanes of at least 4 members (excludes halogenated alkanes) is 1. The summed E-state index contributed by atoms with van der Waals surface area (Å²) in [5.74, 6) is -0.0424. The molecule has 0 aliphatic rings. The lowest BCUT2D eigenvalue weighted by molar-refractivity contribution is -0.274. The average Bonchev–Trinajstić information content (AvgIpc) is 2.36. The molecule has 20 heavy (non-hydrogen) atoms. The summed E-state index contributed by atoms with van der Waals surface area (Å²) >= 11 is 0. The fourth-order valence-electron chi connectivity index (χ4n) is 1.86. The molecule has 1 rings (SSSR count). The molecule has 4 nitrogen and oxygen atoms in total. The van der Waals surface area contributed by atoms with Crippen molar-refractivity contribution in [1.82, 2.24) is 0 Å². The molecule has 1 aromatic carbocycles. The average molecular weight is 292 g/mol. The third-order valence-corrected chi connectivity index (χ3v) is 2.81. The molecular weight excluding hydrogens is 273 g/mol. The van der Waals surface area contributed by atoms with Crippen LogP contribution in [-0.2, 0) is 0 Å². The highest BCUT2D eigenvalue weighted by molar-refractivity contribution is 5.42. The van der Waals surface area contributed by atoms with E-state index in [9.17, 15) is 13.2 Å². The molecule has 0 amide bonds. The normalized spacial score (nSPS) is 13.1. The maximum atomic E-state index is 12.1. The van der Waals surface area contributed by atoms with E-state index in [1.54, 1.807) is 0 Å². The number of benzene rings is 1. The van der Waals surface area contributed by atoms with Crippen molar-refractivity contribution in [3.63, 3.8) is 0 Å². The first kappa shape index (κ1) is 16.6. The van der Waals surface area contributed by atoms with Crippen LogP contribution >= 0.6 is 0 Å². The van der Waals surface area contributed by atoms with Crippen molar-refractivity contribution in [1.29, 1.82) is 0 Å². The lowest BCUT2D eigenvalue weighted by atomic mass is 10.0. The summed E-state index contributed by atoms with van der Waals surface area (Å²) in [4.78, 5) is 0. The van der Waals surface area contributed by atoms with Crippen LogP contribution in [0.25, 0.3) is 0 Å². The van der Waals surface area contributed by atoms with E-state index in [1.165, 1.54) is 25.3 Å². The van der Waals surface area contributed by atoms with Crippen molar-refractivity contribution in [2.45, 2.75) is 31.7 Å². The van der Waals surface area contributed by atoms with Gasteiger partial charge in [-0.15, -0.1) is 13.2 Å². The Hall–Kier alpha value is -1.47. The van der Waals surface area contributed by atoms with E-state index in [1.807, 2.05) is 0 Å². The van der Waals surface area contributed by atoms with Crippen LogP contribution in [-0.4, -0.2) is 20.0 Å². The summed E-state index contributed by atoms with van der Waals surface area (Å²) in [6, 6.07) is 3.60. The Balaban J connectivity index is 2.82. The second-order valence-corrected chi connectivity index (χ2v) is 4.34. The smallest absolute Gasteiger partial charge is 0.496 e. The molecule has 0 saturated heterocycles. The van der Waals surface area contributed by atoms with Gasteiger partial charge in [0.05, 0.1) is 7.11 Å². The van der Waals surface area contributed by atoms with Crippen molar-refractivity contribution >= 4 is 0 Å². The summed E-state index contributed by atoms with van der Waals surface area (Å²) in [5.41, 5.74) is 12.1. The van der Waals surface area contributed by atoms with Crippen LogP contribution < -0.4 is 20.9 Å². The van der Waals surface area contributed by atoms with Gasteiger partial charge in [0, 0.05) is 17.7 Å². The third kappa shape index (κ3) is 5.26. The molecular formula is C13H19F3N2O2. The Labute approximate surface area is 115 Å². The minimum atomic E-state index is -4.73. The Kier molecular flexibility index (Phi) is 6.09. The zero-order chi connectivity index (χ0) is 15.2. The van der Waals surface area contributed by atoms with E-state index in [-0.39, 0.29) is 17.5 Å². The van der Waals surface area contributed by atoms with Crippen LogP contribution in [0.1, 0.15) is 30.9 Å². The minimum absolute atomic E-state index is 0.284. The van der Waals surface area contributed by atoms with Crippen molar-refractivity contribution < 1.29 is 22.6 Å². The number of halogens is 3. The van der Waals surface area contributed by atoms with Crippen molar-refractivity contribution in [3.05, 3.63) is 23.8 Å². The number of hydrogen-bond acceptors (Lipinski definition) is 4. The van der Waals surface area contributed by atoms with Gasteiger partial charge in [-0.05, 0) is 25.5 Å². The van der Waals surface area contributed by atoms with Gasteiger partial charge in [-0.1, -0.05) is 12.5 Å². The van der Waals surface area contributed by atoms with E-state index in [0.717, 1.165) is 12.8 Å². The molecule has 0 bridgehead atoms.